The fourth-order valence-electron chi connectivity index (χ4n) is 28.5. The van der Waals surface area contributed by atoms with Gasteiger partial charge in [0.05, 0.1) is 74.5 Å². The summed E-state index contributed by atoms with van der Waals surface area (Å²) in [5, 5.41) is 36.8. The summed E-state index contributed by atoms with van der Waals surface area (Å²) in [6, 6.07) is 0. The van der Waals surface area contributed by atoms with Crippen LogP contribution >= 0.6 is 0 Å². The highest BCUT2D eigenvalue weighted by Crippen LogP contribution is 2.91. The van der Waals surface area contributed by atoms with E-state index >= 15 is 0 Å². The number of morpholine rings is 2. The minimum Gasteiger partial charge on any atom is -0.481 e. The number of nitrogens with zero attached hydrogens (tertiary/aromatic N) is 3. The number of hydrogen-bond donors (Lipinski definition) is 4. The lowest BCUT2D eigenvalue weighted by Crippen LogP contribution is -2.60. The van der Waals surface area contributed by atoms with Gasteiger partial charge in [-0.2, -0.15) is 0 Å². The van der Waals surface area contributed by atoms with Gasteiger partial charge in [0.15, 0.2) is 12.6 Å². The molecule has 6 unspecified atom stereocenters. The molecule has 0 aromatic rings. The lowest BCUT2D eigenvalue weighted by atomic mass is 9.41. The number of aliphatic carboxylic acids is 1. The van der Waals surface area contributed by atoms with Gasteiger partial charge in [0.25, 0.3) is 0 Å². The van der Waals surface area contributed by atoms with Crippen molar-refractivity contribution in [3.63, 3.8) is 0 Å². The van der Waals surface area contributed by atoms with Crippen molar-refractivity contribution in [2.75, 3.05) is 65.6 Å². The van der Waals surface area contributed by atoms with E-state index in [2.05, 4.69) is 102 Å². The Kier molecular flexibility index (Phi) is 20.3. The number of carboxylic acids is 1. The molecular weight excluding hydrogens is 1300 g/mol. The molecule has 103 heavy (non-hydrogen) atoms. The van der Waals surface area contributed by atoms with Crippen molar-refractivity contribution >= 4 is 24.1 Å². The van der Waals surface area contributed by atoms with E-state index in [1.807, 2.05) is 18.7 Å². The zero-order chi connectivity index (χ0) is 74.1. The molecular formula is C84H138N4O15. The summed E-state index contributed by atoms with van der Waals surface area (Å²) in [5.41, 5.74) is 0.922. The second-order valence-corrected chi connectivity index (χ2v) is 40.5. The van der Waals surface area contributed by atoms with E-state index in [1.54, 1.807) is 23.6 Å². The van der Waals surface area contributed by atoms with Crippen LogP contribution in [0.5, 0.6) is 0 Å². The number of carbonyl (C=O) groups is 4. The van der Waals surface area contributed by atoms with E-state index in [0.717, 1.165) is 104 Å². The van der Waals surface area contributed by atoms with E-state index in [4.69, 9.17) is 43.0 Å². The Balaban J connectivity index is 0.000000162. The topological polar surface area (TPSA) is 225 Å². The van der Waals surface area contributed by atoms with Crippen LogP contribution in [-0.2, 0) is 47.5 Å². The minimum atomic E-state index is -0.741. The molecule has 16 aliphatic rings. The number of carbonyl (C=O) groups excluding carboxylic acids is 3. The van der Waals surface area contributed by atoms with Gasteiger partial charge in [-0.1, -0.05) is 125 Å². The lowest BCUT2D eigenvalue weighted by Gasteiger charge is -2.64. The van der Waals surface area contributed by atoms with Crippen LogP contribution in [0, 0.1) is 125 Å². The van der Waals surface area contributed by atoms with E-state index in [-0.39, 0.29) is 147 Å². The smallest absolute Gasteiger partial charge is 0.410 e. The molecule has 10 saturated carbocycles. The Morgan fingerprint density at radius 3 is 1.29 bits per heavy atom. The van der Waals surface area contributed by atoms with Gasteiger partial charge in [-0.05, 0) is 218 Å². The van der Waals surface area contributed by atoms with Gasteiger partial charge in [0, 0.05) is 62.6 Å². The maximum atomic E-state index is 13.0. The third-order valence-electron chi connectivity index (χ3n) is 34.1. The van der Waals surface area contributed by atoms with Gasteiger partial charge < -0.3 is 73.2 Å². The van der Waals surface area contributed by atoms with Crippen molar-refractivity contribution in [1.29, 1.82) is 0 Å². The van der Waals surface area contributed by atoms with Crippen LogP contribution in [0.3, 0.4) is 0 Å². The predicted octanol–water partition coefficient (Wildman–Crippen LogP) is 13.6. The van der Waals surface area contributed by atoms with E-state index < -0.39 is 18.2 Å². The molecule has 0 radical (unpaired) electrons. The maximum Gasteiger partial charge on any atom is 0.410 e. The van der Waals surface area contributed by atoms with Crippen LogP contribution in [0.2, 0.25) is 0 Å². The number of rotatable bonds is 12. The van der Waals surface area contributed by atoms with Crippen molar-refractivity contribution in [3.8, 4) is 0 Å². The van der Waals surface area contributed by atoms with Crippen molar-refractivity contribution < 1.29 is 72.4 Å². The Hall–Kier alpha value is -2.88. The monoisotopic (exact) mass is 1440 g/mol. The van der Waals surface area contributed by atoms with Crippen LogP contribution in [0.25, 0.3) is 0 Å². The summed E-state index contributed by atoms with van der Waals surface area (Å²) >= 11 is 0. The summed E-state index contributed by atoms with van der Waals surface area (Å²) < 4.78 is 52.1. The van der Waals surface area contributed by atoms with Gasteiger partial charge in [-0.25, -0.2) is 9.59 Å². The first-order chi connectivity index (χ1) is 48.5. The van der Waals surface area contributed by atoms with Gasteiger partial charge in [-0.15, -0.1) is 0 Å². The molecule has 584 valence electrons. The van der Waals surface area contributed by atoms with Crippen LogP contribution in [0.4, 0.5) is 9.59 Å². The fourth-order valence-corrected chi connectivity index (χ4v) is 28.5. The molecule has 6 aliphatic heterocycles. The Morgan fingerprint density at radius 1 is 0.505 bits per heavy atom. The van der Waals surface area contributed by atoms with Crippen molar-refractivity contribution in [2.24, 2.45) is 125 Å². The molecule has 0 bridgehead atoms. The number of hydrogen-bond acceptors (Lipinski definition) is 15. The molecule has 16 rings (SSSR count). The van der Waals surface area contributed by atoms with Crippen molar-refractivity contribution in [1.82, 2.24) is 20.0 Å². The fraction of sp³-hybridized carbons (Fsp3) is 0.952. The standard InChI is InChI=1S/C42H68N2O7.C38H62N2O6.C4H8O2/c1-24(2)33(51-37(47)43-17-10-18-43)27-21-26(5)32-34(49-27)35(45)40(9)29-12-11-28-38(6,7)30(50-31-22-44(19-20-48-31)36(46)25(3)4)13-14-41(28)23-42(29,41)16-15-39(32,40)8;1-22(2)30(46-33(42)40-16-8-17-40)24-19-23(3)29-31(44-24)32(41)36(7)26-10-9-25-34(4,5)27(45-28-20-39-15-18-43-28)11-12-37(25)21-38(26,37)14-13-35(29,36)6;1-3(2)4(5)6/h24-35,45H,10-23H2,1-9H3;22-32,39,41H,8-21H2,1-7H3;3H,1-2H3,(H,5,6)/t26-,27-,28+,29+,30?,31+,32+,33?,34+,35+,39-,40-,41?,42+;23-,24-,25+,26+,27?,28+,29+,30?,31+,32+,35-,36-,37?,38+;/m11./s1. The Morgan fingerprint density at radius 2 is 0.913 bits per heavy atom. The highest BCUT2D eigenvalue weighted by atomic mass is 16.7. The Bertz CT molecular complexity index is 3130. The number of nitrogens with one attached hydrogen (secondary N) is 1. The SMILES string of the molecule is CC(C)C(=O)N1CCO[C@@H](OC2CCC34C[C@]35CC[C@]3(C)[C@@H]6[C@H](O[C@@H](C(OC(=O)N7CCC7)C(C)C)C[C@H]6C)[C@H](O)[C@@]3(C)[C@@H]5CC[C@H]4C2(C)C)C1.CC(C)C(=O)O.CC(C)C(OC(=O)N1CCC1)[C@H]1C[C@@H](C)[C@H]2[C@H](O1)[C@H](O)[C@@]1(C)[C@@H]3CC[C@H]4C(C)(C)C(O[C@H]5CNCCO5)CCC45C[C@@]35CC[C@]21C. The van der Waals surface area contributed by atoms with E-state index in [1.165, 1.54) is 57.8 Å². The third kappa shape index (κ3) is 11.7. The number of aliphatic hydroxyl groups is 2. The second kappa shape index (κ2) is 27.3. The number of carboxylic acid groups (broad SMARTS) is 1. The molecule has 6 heterocycles. The number of fused-ring (bicyclic) bond motifs is 8. The first kappa shape index (κ1) is 76.9. The summed E-state index contributed by atoms with van der Waals surface area (Å²) in [6.07, 6.45) is 17.4. The van der Waals surface area contributed by atoms with Crippen molar-refractivity contribution in [2.45, 2.75) is 314 Å². The van der Waals surface area contributed by atoms with Gasteiger partial charge in [-0.3, -0.25) is 9.59 Å². The van der Waals surface area contributed by atoms with Gasteiger partial charge >= 0.3 is 18.2 Å². The van der Waals surface area contributed by atoms with Crippen molar-refractivity contribution in [3.05, 3.63) is 0 Å². The van der Waals surface area contributed by atoms with Crippen LogP contribution < -0.4 is 5.32 Å². The molecule has 4 spiro atoms. The summed E-state index contributed by atoms with van der Waals surface area (Å²) in [7, 11) is 0. The first-order valence-electron chi connectivity index (χ1n) is 41.8. The van der Waals surface area contributed by atoms with Gasteiger partial charge in [0.1, 0.15) is 12.2 Å². The molecule has 0 aromatic heterocycles. The molecule has 19 nitrogen and oxygen atoms in total. The zero-order valence-corrected chi connectivity index (χ0v) is 66.7. The number of amides is 3. The predicted molar refractivity (Wildman–Crippen MR) is 391 cm³/mol. The quantitative estimate of drug-likeness (QED) is 0.143. The summed E-state index contributed by atoms with van der Waals surface area (Å²) in [5.74, 6) is 3.03. The molecule has 19 heteroatoms. The normalized spacial score (nSPS) is 48.3. The largest absolute Gasteiger partial charge is 0.481 e. The molecule has 0 aromatic carbocycles. The lowest BCUT2D eigenvalue weighted by molar-refractivity contribution is -0.248. The molecule has 10 aliphatic carbocycles. The highest BCUT2D eigenvalue weighted by Gasteiger charge is 2.87. The first-order valence-corrected chi connectivity index (χ1v) is 41.8. The summed E-state index contributed by atoms with van der Waals surface area (Å²) in [4.78, 5) is 53.9. The molecule has 6 saturated heterocycles. The number of likely N-dealkylation sites (tertiary alicyclic amines) is 2. The second-order valence-electron chi connectivity index (χ2n) is 40.5. The maximum absolute atomic E-state index is 13.0. The van der Waals surface area contributed by atoms with E-state index in [9.17, 15) is 29.4 Å². The van der Waals surface area contributed by atoms with E-state index in [0.29, 0.717) is 77.4 Å². The van der Waals surface area contributed by atoms with Crippen LogP contribution in [0.15, 0.2) is 0 Å². The average molecular weight is 1440 g/mol. The average Bonchev–Trinajstić information content (AvgIpc) is 1.46. The molecule has 3 amide bonds. The van der Waals surface area contributed by atoms with Crippen LogP contribution in [-0.4, -0.2) is 193 Å². The summed E-state index contributed by atoms with van der Waals surface area (Å²) in [6.45, 7) is 47.5. The molecule has 16 fully saturated rings. The number of ether oxygens (including phenoxy) is 8. The number of aliphatic hydroxyl groups excluding tert-OH is 2. The third-order valence-corrected chi connectivity index (χ3v) is 34.1. The minimum absolute atomic E-state index is 0.00541. The zero-order valence-electron chi connectivity index (χ0n) is 66.7. The van der Waals surface area contributed by atoms with Crippen LogP contribution in [0.1, 0.15) is 240 Å². The molecule has 28 atom stereocenters. The molecule has 4 N–H and O–H groups in total. The van der Waals surface area contributed by atoms with Gasteiger partial charge in [0.2, 0.25) is 5.91 Å². The highest BCUT2D eigenvalue weighted by molar-refractivity contribution is 5.78. The Labute approximate surface area is 618 Å².